The van der Waals surface area contributed by atoms with Crippen LogP contribution in [-0.2, 0) is 0 Å². The summed E-state index contributed by atoms with van der Waals surface area (Å²) in [6.07, 6.45) is 0. The first-order valence-electron chi connectivity index (χ1n) is 4.54. The van der Waals surface area contributed by atoms with Crippen molar-refractivity contribution in [2.24, 2.45) is 11.7 Å². The van der Waals surface area contributed by atoms with Crippen LogP contribution < -0.4 is 10.5 Å². The molecule has 0 spiro atoms. The van der Waals surface area contributed by atoms with Crippen LogP contribution in [0, 0.1) is 5.92 Å². The van der Waals surface area contributed by atoms with Gasteiger partial charge in [-0.2, -0.15) is 0 Å². The highest BCUT2D eigenvalue weighted by atomic mass is 16.5. The summed E-state index contributed by atoms with van der Waals surface area (Å²) in [5.74, 6) is 1.32. The van der Waals surface area contributed by atoms with Gasteiger partial charge in [0.05, 0.1) is 7.11 Å². The van der Waals surface area contributed by atoms with E-state index in [2.05, 4.69) is 13.8 Å². The predicted molar refractivity (Wildman–Crippen MR) is 54.8 cm³/mol. The van der Waals surface area contributed by atoms with E-state index in [-0.39, 0.29) is 6.04 Å². The van der Waals surface area contributed by atoms with Gasteiger partial charge < -0.3 is 10.5 Å². The molecule has 0 aromatic heterocycles. The first kappa shape index (κ1) is 10.1. The summed E-state index contributed by atoms with van der Waals surface area (Å²) in [5.41, 5.74) is 7.14. The third-order valence-electron chi connectivity index (χ3n) is 2.20. The van der Waals surface area contributed by atoms with Crippen molar-refractivity contribution in [1.82, 2.24) is 0 Å². The van der Waals surface area contributed by atoms with Gasteiger partial charge in [-0.3, -0.25) is 0 Å². The van der Waals surface area contributed by atoms with E-state index in [4.69, 9.17) is 10.5 Å². The SMILES string of the molecule is COc1cccc([C@@H](N)C(C)C)c1. The van der Waals surface area contributed by atoms with E-state index in [0.29, 0.717) is 5.92 Å². The number of benzene rings is 1. The molecule has 13 heavy (non-hydrogen) atoms. The van der Waals surface area contributed by atoms with Crippen LogP contribution in [-0.4, -0.2) is 7.11 Å². The molecule has 0 unspecified atom stereocenters. The maximum Gasteiger partial charge on any atom is 0.119 e. The van der Waals surface area contributed by atoms with Crippen molar-refractivity contribution in [3.05, 3.63) is 29.8 Å². The molecule has 0 heterocycles. The summed E-state index contributed by atoms with van der Waals surface area (Å²) in [6, 6.07) is 8.01. The summed E-state index contributed by atoms with van der Waals surface area (Å²) in [6.45, 7) is 4.23. The van der Waals surface area contributed by atoms with Crippen molar-refractivity contribution in [1.29, 1.82) is 0 Å². The molecular weight excluding hydrogens is 162 g/mol. The Bertz CT molecular complexity index is 271. The Morgan fingerprint density at radius 1 is 1.31 bits per heavy atom. The van der Waals surface area contributed by atoms with Gasteiger partial charge in [-0.1, -0.05) is 26.0 Å². The molecule has 0 fully saturated rings. The van der Waals surface area contributed by atoms with E-state index >= 15 is 0 Å². The summed E-state index contributed by atoms with van der Waals surface area (Å²) < 4.78 is 5.13. The minimum Gasteiger partial charge on any atom is -0.497 e. The standard InChI is InChI=1S/C11H17NO/c1-8(2)11(12)9-5-4-6-10(7-9)13-3/h4-8,11H,12H2,1-3H3/t11-/m0/s1. The summed E-state index contributed by atoms with van der Waals surface area (Å²) in [5, 5.41) is 0. The Labute approximate surface area is 79.7 Å². The number of hydrogen-bond acceptors (Lipinski definition) is 2. The number of rotatable bonds is 3. The Hall–Kier alpha value is -1.02. The topological polar surface area (TPSA) is 35.2 Å². The predicted octanol–water partition coefficient (Wildman–Crippen LogP) is 2.35. The largest absolute Gasteiger partial charge is 0.497 e. The maximum absolute atomic E-state index is 6.01. The molecule has 0 amide bonds. The molecule has 0 saturated carbocycles. The Balaban J connectivity index is 2.88. The first-order chi connectivity index (χ1) is 6.15. The summed E-state index contributed by atoms with van der Waals surface area (Å²) in [4.78, 5) is 0. The third-order valence-corrected chi connectivity index (χ3v) is 2.20. The number of nitrogens with two attached hydrogens (primary N) is 1. The molecule has 0 bridgehead atoms. The lowest BCUT2D eigenvalue weighted by atomic mass is 9.97. The fourth-order valence-corrected chi connectivity index (χ4v) is 1.23. The normalized spacial score (nSPS) is 13.0. The molecule has 1 aromatic rings. The number of hydrogen-bond donors (Lipinski definition) is 1. The number of ether oxygens (including phenoxy) is 1. The molecule has 1 rings (SSSR count). The Morgan fingerprint density at radius 2 is 2.00 bits per heavy atom. The Morgan fingerprint density at radius 3 is 2.54 bits per heavy atom. The van der Waals surface area contributed by atoms with Crippen LogP contribution >= 0.6 is 0 Å². The van der Waals surface area contributed by atoms with Crippen molar-refractivity contribution in [2.45, 2.75) is 19.9 Å². The fourth-order valence-electron chi connectivity index (χ4n) is 1.23. The van der Waals surface area contributed by atoms with Crippen molar-refractivity contribution in [3.8, 4) is 5.75 Å². The van der Waals surface area contributed by atoms with E-state index in [1.165, 1.54) is 0 Å². The zero-order valence-corrected chi connectivity index (χ0v) is 8.45. The van der Waals surface area contributed by atoms with Crippen LogP contribution in [0.2, 0.25) is 0 Å². The van der Waals surface area contributed by atoms with Gasteiger partial charge in [0.25, 0.3) is 0 Å². The lowest BCUT2D eigenvalue weighted by Crippen LogP contribution is -2.16. The highest BCUT2D eigenvalue weighted by Crippen LogP contribution is 2.22. The van der Waals surface area contributed by atoms with E-state index in [9.17, 15) is 0 Å². The van der Waals surface area contributed by atoms with Crippen LogP contribution in [0.3, 0.4) is 0 Å². The van der Waals surface area contributed by atoms with Crippen LogP contribution in [0.15, 0.2) is 24.3 Å². The van der Waals surface area contributed by atoms with E-state index in [1.54, 1.807) is 7.11 Å². The lowest BCUT2D eigenvalue weighted by Gasteiger charge is -2.16. The monoisotopic (exact) mass is 179 g/mol. The smallest absolute Gasteiger partial charge is 0.119 e. The zero-order chi connectivity index (χ0) is 9.84. The van der Waals surface area contributed by atoms with Crippen molar-refractivity contribution >= 4 is 0 Å². The van der Waals surface area contributed by atoms with E-state index < -0.39 is 0 Å². The van der Waals surface area contributed by atoms with Crippen molar-refractivity contribution in [3.63, 3.8) is 0 Å². The third kappa shape index (κ3) is 2.46. The maximum atomic E-state index is 6.01. The van der Waals surface area contributed by atoms with Crippen LogP contribution in [0.4, 0.5) is 0 Å². The molecule has 0 radical (unpaired) electrons. The molecule has 0 aliphatic heterocycles. The molecule has 2 nitrogen and oxygen atoms in total. The van der Waals surface area contributed by atoms with E-state index in [1.807, 2.05) is 24.3 Å². The minimum atomic E-state index is 0.0927. The van der Waals surface area contributed by atoms with Gasteiger partial charge in [0, 0.05) is 6.04 Å². The molecule has 0 aliphatic rings. The van der Waals surface area contributed by atoms with Crippen molar-refractivity contribution < 1.29 is 4.74 Å². The van der Waals surface area contributed by atoms with Gasteiger partial charge in [-0.15, -0.1) is 0 Å². The molecule has 0 saturated heterocycles. The molecule has 2 heteroatoms. The van der Waals surface area contributed by atoms with Gasteiger partial charge in [0.1, 0.15) is 5.75 Å². The van der Waals surface area contributed by atoms with Crippen molar-refractivity contribution in [2.75, 3.05) is 7.11 Å². The van der Waals surface area contributed by atoms with Crippen LogP contribution in [0.5, 0.6) is 5.75 Å². The Kier molecular flexibility index (Phi) is 3.32. The van der Waals surface area contributed by atoms with Gasteiger partial charge in [-0.05, 0) is 23.6 Å². The van der Waals surface area contributed by atoms with Gasteiger partial charge in [0.2, 0.25) is 0 Å². The second kappa shape index (κ2) is 4.28. The minimum absolute atomic E-state index is 0.0927. The van der Waals surface area contributed by atoms with Gasteiger partial charge in [-0.25, -0.2) is 0 Å². The molecule has 72 valence electrons. The van der Waals surface area contributed by atoms with Gasteiger partial charge in [0.15, 0.2) is 0 Å². The molecule has 1 aromatic carbocycles. The van der Waals surface area contributed by atoms with E-state index in [0.717, 1.165) is 11.3 Å². The number of methoxy groups -OCH3 is 1. The zero-order valence-electron chi connectivity index (χ0n) is 8.45. The summed E-state index contributed by atoms with van der Waals surface area (Å²) in [7, 11) is 1.67. The highest BCUT2D eigenvalue weighted by Gasteiger charge is 2.10. The quantitative estimate of drug-likeness (QED) is 0.773. The molecule has 0 aliphatic carbocycles. The lowest BCUT2D eigenvalue weighted by molar-refractivity contribution is 0.412. The second-order valence-corrected chi connectivity index (χ2v) is 3.55. The van der Waals surface area contributed by atoms with Crippen LogP contribution in [0.1, 0.15) is 25.5 Å². The second-order valence-electron chi connectivity index (χ2n) is 3.55. The highest BCUT2D eigenvalue weighted by molar-refractivity contribution is 5.30. The van der Waals surface area contributed by atoms with Gasteiger partial charge >= 0.3 is 0 Å². The average molecular weight is 179 g/mol. The molecule has 2 N–H and O–H groups in total. The summed E-state index contributed by atoms with van der Waals surface area (Å²) >= 11 is 0. The first-order valence-corrected chi connectivity index (χ1v) is 4.54. The fraction of sp³-hybridized carbons (Fsp3) is 0.455. The van der Waals surface area contributed by atoms with Crippen LogP contribution in [0.25, 0.3) is 0 Å². The average Bonchev–Trinajstić information content (AvgIpc) is 2.16. The molecular formula is C11H17NO. The molecule has 1 atom stereocenters.